The monoisotopic (exact) mass is 286 g/mol. The van der Waals surface area contributed by atoms with Crippen LogP contribution < -0.4 is 5.73 Å². The second kappa shape index (κ2) is 5.76. The zero-order valence-corrected chi connectivity index (χ0v) is 12.1. The largest absolute Gasteiger partial charge is 0.368 e. The lowest BCUT2D eigenvalue weighted by Gasteiger charge is -2.20. The van der Waals surface area contributed by atoms with E-state index in [4.69, 9.17) is 5.73 Å². The number of aromatic nitrogens is 3. The van der Waals surface area contributed by atoms with Crippen LogP contribution in [0.15, 0.2) is 18.2 Å². The molecule has 0 atom stereocenters. The molecule has 21 heavy (non-hydrogen) atoms. The molecule has 2 N–H and O–H groups in total. The molecule has 1 fully saturated rings. The Bertz CT molecular complexity index is 651. The average Bonchev–Trinajstić information content (AvgIpc) is 2.50. The Morgan fingerprint density at radius 1 is 1.10 bits per heavy atom. The molecule has 1 aromatic carbocycles. The first-order chi connectivity index (χ1) is 10.1. The van der Waals surface area contributed by atoms with E-state index in [1.165, 1.54) is 25.3 Å². The maximum absolute atomic E-state index is 13.4. The summed E-state index contributed by atoms with van der Waals surface area (Å²) >= 11 is 0. The van der Waals surface area contributed by atoms with Gasteiger partial charge in [-0.25, -0.2) is 9.37 Å². The van der Waals surface area contributed by atoms with E-state index in [9.17, 15) is 4.39 Å². The van der Waals surface area contributed by atoms with Crippen LogP contribution in [0.25, 0.3) is 11.4 Å². The van der Waals surface area contributed by atoms with Crippen molar-refractivity contribution in [2.75, 3.05) is 5.73 Å². The summed E-state index contributed by atoms with van der Waals surface area (Å²) < 4.78 is 13.4. The van der Waals surface area contributed by atoms with Crippen LogP contribution in [0.3, 0.4) is 0 Å². The van der Waals surface area contributed by atoms with E-state index in [1.807, 2.05) is 0 Å². The van der Waals surface area contributed by atoms with Crippen molar-refractivity contribution in [1.82, 2.24) is 15.0 Å². The van der Waals surface area contributed by atoms with Crippen LogP contribution >= 0.6 is 0 Å². The van der Waals surface area contributed by atoms with E-state index in [0.717, 1.165) is 24.2 Å². The minimum Gasteiger partial charge on any atom is -0.368 e. The molecule has 5 heteroatoms. The van der Waals surface area contributed by atoms with Gasteiger partial charge in [0.05, 0.1) is 0 Å². The summed E-state index contributed by atoms with van der Waals surface area (Å²) in [7, 11) is 0. The molecule has 2 aromatic rings. The van der Waals surface area contributed by atoms with Crippen molar-refractivity contribution < 1.29 is 4.39 Å². The Morgan fingerprint density at radius 2 is 1.86 bits per heavy atom. The van der Waals surface area contributed by atoms with Gasteiger partial charge in [-0.1, -0.05) is 19.3 Å². The van der Waals surface area contributed by atoms with E-state index < -0.39 is 0 Å². The van der Waals surface area contributed by atoms with Gasteiger partial charge in [-0.2, -0.15) is 9.97 Å². The van der Waals surface area contributed by atoms with Crippen molar-refractivity contribution in [3.05, 3.63) is 35.4 Å². The van der Waals surface area contributed by atoms with Crippen molar-refractivity contribution in [2.45, 2.75) is 44.9 Å². The Balaban J connectivity index is 1.98. The van der Waals surface area contributed by atoms with Crippen LogP contribution in [0.2, 0.25) is 0 Å². The van der Waals surface area contributed by atoms with Gasteiger partial charge in [0.1, 0.15) is 11.6 Å². The Kier molecular flexibility index (Phi) is 3.82. The van der Waals surface area contributed by atoms with Crippen LogP contribution in [0.4, 0.5) is 10.3 Å². The second-order valence-electron chi connectivity index (χ2n) is 5.67. The van der Waals surface area contributed by atoms with Gasteiger partial charge in [0, 0.05) is 11.5 Å². The highest BCUT2D eigenvalue weighted by molar-refractivity contribution is 5.57. The lowest BCUT2D eigenvalue weighted by atomic mass is 9.89. The molecule has 0 amide bonds. The maximum Gasteiger partial charge on any atom is 0.223 e. The lowest BCUT2D eigenvalue weighted by molar-refractivity contribution is 0.428. The van der Waals surface area contributed by atoms with E-state index >= 15 is 0 Å². The first kappa shape index (κ1) is 13.9. The molecule has 1 saturated carbocycles. The molecule has 0 aliphatic heterocycles. The van der Waals surface area contributed by atoms with E-state index in [0.29, 0.717) is 17.3 Å². The SMILES string of the molecule is Cc1cc(-c2nc(N)nc(C3CCCCC3)n2)ccc1F. The van der Waals surface area contributed by atoms with Crippen LogP contribution in [-0.2, 0) is 0 Å². The van der Waals surface area contributed by atoms with Crippen molar-refractivity contribution in [2.24, 2.45) is 0 Å². The van der Waals surface area contributed by atoms with E-state index in [1.54, 1.807) is 19.1 Å². The fraction of sp³-hybridized carbons (Fsp3) is 0.438. The van der Waals surface area contributed by atoms with Gasteiger partial charge in [-0.3, -0.25) is 0 Å². The number of nitrogens with zero attached hydrogens (tertiary/aromatic N) is 3. The molecule has 0 radical (unpaired) electrons. The van der Waals surface area contributed by atoms with E-state index in [-0.39, 0.29) is 11.8 Å². The Hall–Kier alpha value is -2.04. The molecule has 0 bridgehead atoms. The number of nitrogen functional groups attached to an aromatic ring is 1. The van der Waals surface area contributed by atoms with Crippen molar-refractivity contribution >= 4 is 5.95 Å². The third-order valence-electron chi connectivity index (χ3n) is 4.06. The average molecular weight is 286 g/mol. The third kappa shape index (κ3) is 3.01. The Labute approximate surface area is 123 Å². The predicted octanol–water partition coefficient (Wildman–Crippen LogP) is 3.62. The highest BCUT2D eigenvalue weighted by Crippen LogP contribution is 2.31. The van der Waals surface area contributed by atoms with Crippen LogP contribution in [0.1, 0.15) is 49.4 Å². The van der Waals surface area contributed by atoms with Gasteiger partial charge in [-0.15, -0.1) is 0 Å². The fourth-order valence-corrected chi connectivity index (χ4v) is 2.87. The first-order valence-corrected chi connectivity index (χ1v) is 7.41. The predicted molar refractivity (Wildman–Crippen MR) is 80.2 cm³/mol. The molecule has 0 unspecified atom stereocenters. The summed E-state index contributed by atoms with van der Waals surface area (Å²) in [6.45, 7) is 1.73. The van der Waals surface area contributed by atoms with Crippen LogP contribution in [-0.4, -0.2) is 15.0 Å². The molecule has 4 nitrogen and oxygen atoms in total. The minimum atomic E-state index is -0.228. The standard InChI is InChI=1S/C16H19FN4/c1-10-9-12(7-8-13(10)17)15-19-14(20-16(18)21-15)11-5-3-2-4-6-11/h7-9,11H,2-6H2,1H3,(H2,18,19,20,21). The maximum atomic E-state index is 13.4. The molecule has 110 valence electrons. The number of aryl methyl sites for hydroxylation is 1. The summed E-state index contributed by atoms with van der Waals surface area (Å²) in [5.41, 5.74) is 7.19. The zero-order valence-electron chi connectivity index (χ0n) is 12.1. The van der Waals surface area contributed by atoms with Gasteiger partial charge in [0.25, 0.3) is 0 Å². The summed E-state index contributed by atoms with van der Waals surface area (Å²) in [5.74, 6) is 1.69. The van der Waals surface area contributed by atoms with Gasteiger partial charge < -0.3 is 5.73 Å². The Morgan fingerprint density at radius 3 is 2.57 bits per heavy atom. The number of rotatable bonds is 2. The topological polar surface area (TPSA) is 64.7 Å². The number of hydrogen-bond acceptors (Lipinski definition) is 4. The summed E-state index contributed by atoms with van der Waals surface area (Å²) in [6, 6.07) is 4.86. The van der Waals surface area contributed by atoms with Crippen LogP contribution in [0.5, 0.6) is 0 Å². The number of benzene rings is 1. The fourth-order valence-electron chi connectivity index (χ4n) is 2.87. The van der Waals surface area contributed by atoms with Gasteiger partial charge in [0.15, 0.2) is 5.82 Å². The number of anilines is 1. The van der Waals surface area contributed by atoms with Gasteiger partial charge in [0.2, 0.25) is 5.95 Å². The quantitative estimate of drug-likeness (QED) is 0.915. The number of hydrogen-bond donors (Lipinski definition) is 1. The summed E-state index contributed by atoms with van der Waals surface area (Å²) in [5, 5.41) is 0. The summed E-state index contributed by atoms with van der Waals surface area (Å²) in [6.07, 6.45) is 5.90. The molecule has 0 saturated heterocycles. The molecule has 1 aromatic heterocycles. The molecule has 1 aliphatic rings. The molecule has 1 heterocycles. The third-order valence-corrected chi connectivity index (χ3v) is 4.06. The lowest BCUT2D eigenvalue weighted by Crippen LogP contribution is -2.12. The van der Waals surface area contributed by atoms with Gasteiger partial charge in [-0.05, 0) is 43.5 Å². The summed E-state index contributed by atoms with van der Waals surface area (Å²) in [4.78, 5) is 13.1. The molecule has 1 aliphatic carbocycles. The minimum absolute atomic E-state index is 0.228. The molecule has 3 rings (SSSR count). The van der Waals surface area contributed by atoms with Gasteiger partial charge >= 0.3 is 0 Å². The highest BCUT2D eigenvalue weighted by Gasteiger charge is 2.20. The van der Waals surface area contributed by atoms with E-state index in [2.05, 4.69) is 15.0 Å². The normalized spacial score (nSPS) is 16.1. The van der Waals surface area contributed by atoms with Crippen LogP contribution in [0, 0.1) is 12.7 Å². The highest BCUT2D eigenvalue weighted by atomic mass is 19.1. The first-order valence-electron chi connectivity index (χ1n) is 7.41. The van der Waals surface area contributed by atoms with Crippen molar-refractivity contribution in [3.8, 4) is 11.4 Å². The smallest absolute Gasteiger partial charge is 0.223 e. The second-order valence-corrected chi connectivity index (χ2v) is 5.67. The molecule has 0 spiro atoms. The zero-order chi connectivity index (χ0) is 14.8. The molecular weight excluding hydrogens is 267 g/mol. The van der Waals surface area contributed by atoms with Crippen molar-refractivity contribution in [1.29, 1.82) is 0 Å². The molecular formula is C16H19FN4. The number of halogens is 1. The number of nitrogens with two attached hydrogens (primary N) is 1. The van der Waals surface area contributed by atoms with Crippen molar-refractivity contribution in [3.63, 3.8) is 0 Å².